The van der Waals surface area contributed by atoms with Crippen molar-refractivity contribution in [2.75, 3.05) is 39.5 Å². The number of carbonyl (C=O) groups is 2. The molecule has 0 aromatic heterocycles. The quantitative estimate of drug-likeness (QED) is 0.127. The number of carbonyl (C=O) groups excluding carboxylic acids is 2. The van der Waals surface area contributed by atoms with Gasteiger partial charge >= 0.3 is 5.97 Å². The summed E-state index contributed by atoms with van der Waals surface area (Å²) >= 11 is 0. The molecule has 0 radical (unpaired) electrons. The van der Waals surface area contributed by atoms with Crippen LogP contribution in [0.4, 0.5) is 0 Å². The van der Waals surface area contributed by atoms with Crippen molar-refractivity contribution >= 4 is 11.9 Å². The maximum atomic E-state index is 14.4. The lowest BCUT2D eigenvalue weighted by Crippen LogP contribution is -2.69. The zero-order valence-corrected chi connectivity index (χ0v) is 46.6. The largest absolute Gasteiger partial charge is 0.462 e. The highest BCUT2D eigenvalue weighted by Gasteiger charge is 2.53. The van der Waals surface area contributed by atoms with Crippen molar-refractivity contribution in [3.8, 4) is 0 Å². The number of ether oxygens (including phenoxy) is 6. The minimum absolute atomic E-state index is 0.129. The maximum absolute atomic E-state index is 14.4. The van der Waals surface area contributed by atoms with Crippen LogP contribution >= 0.6 is 0 Å². The van der Waals surface area contributed by atoms with E-state index in [0.29, 0.717) is 0 Å². The molecule has 2 bridgehead atoms. The summed E-state index contributed by atoms with van der Waals surface area (Å²) in [5.41, 5.74) is 0. The van der Waals surface area contributed by atoms with E-state index in [-0.39, 0.29) is 57.9 Å². The first-order valence-corrected chi connectivity index (χ1v) is 28.0. The summed E-state index contributed by atoms with van der Waals surface area (Å²) in [5, 5.41) is 157. The molecule has 0 spiro atoms. The fourth-order valence-electron chi connectivity index (χ4n) is 10.5. The van der Waals surface area contributed by atoms with Crippen LogP contribution in [0, 0.1) is 17.8 Å². The summed E-state index contributed by atoms with van der Waals surface area (Å²) in [6.07, 6.45) is -2.91. The number of fused-ring (bicyclic) bond motifs is 2. The number of morpholine rings is 1. The Morgan fingerprint density at radius 1 is 0.654 bits per heavy atom. The van der Waals surface area contributed by atoms with Crippen LogP contribution in [0.25, 0.3) is 0 Å². The van der Waals surface area contributed by atoms with Crippen molar-refractivity contribution in [3.05, 3.63) is 85.1 Å². The molecule has 5 aliphatic heterocycles. The normalized spacial score (nSPS) is 45.8. The number of allylic oxidation sites excluding steroid dienone is 12. The van der Waals surface area contributed by atoms with E-state index in [1.165, 1.54) is 17.9 Å². The summed E-state index contributed by atoms with van der Waals surface area (Å²) < 4.78 is 34.9. The number of nitrogens with one attached hydrogen (secondary N) is 1. The summed E-state index contributed by atoms with van der Waals surface area (Å²) in [4.78, 5) is 28.6. The number of nitrogens with zero attached hydrogens (tertiary/aromatic N) is 1. The second-order valence-electron chi connectivity index (χ2n) is 22.2. The number of hydrogen-bond donors (Lipinski definition) is 15. The Kier molecular flexibility index (Phi) is 27.4. The number of cyclic esters (lactones) is 1. The lowest BCUT2D eigenvalue weighted by molar-refractivity contribution is -0.323. The molecule has 0 aromatic carbocycles. The van der Waals surface area contributed by atoms with E-state index in [1.54, 1.807) is 86.8 Å². The molecule has 0 saturated carbocycles. The van der Waals surface area contributed by atoms with Crippen molar-refractivity contribution < 1.29 is 110 Å². The average Bonchev–Trinajstić information content (AvgIpc) is 3.52. The molecule has 5 rings (SSSR count). The Morgan fingerprint density at radius 3 is 1.89 bits per heavy atom. The average molecular weight is 1160 g/mol. The van der Waals surface area contributed by atoms with E-state index >= 15 is 0 Å². The van der Waals surface area contributed by atoms with Gasteiger partial charge in [0.05, 0.1) is 112 Å². The van der Waals surface area contributed by atoms with Crippen LogP contribution in [0.5, 0.6) is 0 Å². The van der Waals surface area contributed by atoms with Crippen LogP contribution in [0.3, 0.4) is 0 Å². The summed E-state index contributed by atoms with van der Waals surface area (Å²) in [5.74, 6) is -8.22. The number of amides is 1. The molecule has 24 nitrogen and oxygen atoms in total. The predicted molar refractivity (Wildman–Crippen MR) is 289 cm³/mol. The number of hydrogen-bond acceptors (Lipinski definition) is 23. The van der Waals surface area contributed by atoms with Gasteiger partial charge in [0.1, 0.15) is 30.5 Å². The first-order chi connectivity index (χ1) is 38.3. The molecule has 4 unspecified atom stereocenters. The zero-order chi connectivity index (χ0) is 59.6. The Balaban J connectivity index is 1.42. The lowest BCUT2D eigenvalue weighted by Gasteiger charge is -2.47. The van der Waals surface area contributed by atoms with Crippen LogP contribution in [0.15, 0.2) is 85.1 Å². The molecule has 23 atom stereocenters. The zero-order valence-electron chi connectivity index (χ0n) is 46.6. The minimum atomic E-state index is -2.46. The molecular weight excluding hydrogens is 1060 g/mol. The standard InChI is InChI=1S/C57H90N2O22/c1-33-17-15-13-11-9-7-5-6-8-10-12-14-16-18-40(80-55-52(71)48(50(69)36(4)79-55)58-32-57(75)53(72)51(70)44(66)31-77-57)28-45-47(54(73)59-21-23-76-24-22-59)43(65)30-56(74,81-45)29-39(62)26-42(64)41(63)20-19-37(60)25-38(61)27-46(67)78-35(3)34(2)49(33)68/h5-18,33-45,47-53,55,58,60-66,68-72,74-75H,19-32H2,1-4H3/b6-5+,9-7+,10-8+,13-11+,14-12+,17-15+,18-16+/t33-,34?,35-,36+,37+,38+,39-,40-,41+,42+,43-,44+,45?,47?,48-,49+,50+,51+,52-,53-,55?,56+,57+/m0/s1. The van der Waals surface area contributed by atoms with Gasteiger partial charge in [-0.1, -0.05) is 98.9 Å². The van der Waals surface area contributed by atoms with E-state index in [9.17, 15) is 81.1 Å². The fraction of sp³-hybridized carbons (Fsp3) is 0.719. The van der Waals surface area contributed by atoms with Gasteiger partial charge in [-0.3, -0.25) is 9.59 Å². The van der Waals surface area contributed by atoms with E-state index < -0.39 is 184 Å². The first-order valence-electron chi connectivity index (χ1n) is 28.0. The predicted octanol–water partition coefficient (Wildman–Crippen LogP) is -2.08. The fourth-order valence-corrected chi connectivity index (χ4v) is 10.5. The molecule has 24 heteroatoms. The molecular formula is C57H90N2O22. The minimum Gasteiger partial charge on any atom is -0.462 e. The molecule has 0 aliphatic carbocycles. The highest BCUT2D eigenvalue weighted by Crippen LogP contribution is 2.39. The third kappa shape index (κ3) is 20.5. The molecule has 4 saturated heterocycles. The van der Waals surface area contributed by atoms with Gasteiger partial charge in [0.2, 0.25) is 11.7 Å². The van der Waals surface area contributed by atoms with Gasteiger partial charge in [0.15, 0.2) is 12.1 Å². The van der Waals surface area contributed by atoms with Gasteiger partial charge in [-0.25, -0.2) is 0 Å². The second kappa shape index (κ2) is 32.6. The van der Waals surface area contributed by atoms with Crippen molar-refractivity contribution in [1.82, 2.24) is 10.2 Å². The van der Waals surface area contributed by atoms with Gasteiger partial charge in [-0.2, -0.15) is 0 Å². The molecule has 1 amide bonds. The third-order valence-electron chi connectivity index (χ3n) is 15.6. The van der Waals surface area contributed by atoms with Crippen LogP contribution in [-0.4, -0.2) is 249 Å². The molecule has 5 aliphatic rings. The van der Waals surface area contributed by atoms with Gasteiger partial charge in [0, 0.05) is 50.6 Å². The van der Waals surface area contributed by atoms with Crippen LogP contribution in [-0.2, 0) is 38.0 Å². The first kappa shape index (κ1) is 68.1. The number of aliphatic hydroxyl groups is 14. The SMILES string of the molecule is CC1[C@H](C)OC(=O)C[C@H](O)C[C@H](O)CC[C@@H](O)[C@H](O)C[C@H](O)C[C@]2(O)C[C@H](O)C(C(=O)N3CCOCC3)C(C[C@@H](OC3O[C@H](C)[C@@H](O)[C@H](NC[C@@]4(O)OC[C@@H](O)[C@@H](O)[C@@H]4O)[C@@H]3O)/C=C/C=C/C=C/C=C/C=C/C=C/C=C/[C@H](C)[C@H]1O)O2. The maximum Gasteiger partial charge on any atom is 0.308 e. The van der Waals surface area contributed by atoms with Gasteiger partial charge < -0.3 is 110 Å². The summed E-state index contributed by atoms with van der Waals surface area (Å²) in [6.45, 7) is 6.27. The summed E-state index contributed by atoms with van der Waals surface area (Å²) in [6, 6.07) is -1.34. The van der Waals surface area contributed by atoms with E-state index in [2.05, 4.69) is 5.32 Å². The van der Waals surface area contributed by atoms with E-state index in [1.807, 2.05) is 13.0 Å². The van der Waals surface area contributed by atoms with E-state index in [0.717, 1.165) is 0 Å². The lowest BCUT2D eigenvalue weighted by atomic mass is 9.81. The molecule has 5 heterocycles. The van der Waals surface area contributed by atoms with Crippen molar-refractivity contribution in [2.45, 2.75) is 201 Å². The monoisotopic (exact) mass is 1150 g/mol. The number of esters is 1. The number of rotatable bonds is 6. The highest BCUT2D eigenvalue weighted by atomic mass is 16.7. The van der Waals surface area contributed by atoms with Crippen molar-refractivity contribution in [1.29, 1.82) is 0 Å². The number of aliphatic hydroxyl groups excluding tert-OH is 12. The van der Waals surface area contributed by atoms with Gasteiger partial charge in [-0.15, -0.1) is 0 Å². The highest BCUT2D eigenvalue weighted by molar-refractivity contribution is 5.80. The topological polar surface area (TPSA) is 388 Å². The smallest absolute Gasteiger partial charge is 0.308 e. The Labute approximate surface area is 473 Å². The second-order valence-corrected chi connectivity index (χ2v) is 22.2. The molecule has 81 heavy (non-hydrogen) atoms. The van der Waals surface area contributed by atoms with Crippen molar-refractivity contribution in [2.24, 2.45) is 17.8 Å². The Hall–Kier alpha value is -3.68. The van der Waals surface area contributed by atoms with Crippen LogP contribution in [0.2, 0.25) is 0 Å². The Morgan fingerprint density at radius 2 is 1.26 bits per heavy atom. The van der Waals surface area contributed by atoms with Crippen LogP contribution < -0.4 is 5.32 Å². The van der Waals surface area contributed by atoms with Gasteiger partial charge in [-0.05, 0) is 33.1 Å². The molecule has 0 aromatic rings. The van der Waals surface area contributed by atoms with Gasteiger partial charge in [0.25, 0.3) is 0 Å². The Bertz CT molecular complexity index is 2140. The van der Waals surface area contributed by atoms with E-state index in [4.69, 9.17) is 28.4 Å². The molecule has 4 fully saturated rings. The van der Waals surface area contributed by atoms with Crippen LogP contribution in [0.1, 0.15) is 79.1 Å². The summed E-state index contributed by atoms with van der Waals surface area (Å²) in [7, 11) is 0. The third-order valence-corrected chi connectivity index (χ3v) is 15.6. The van der Waals surface area contributed by atoms with Crippen molar-refractivity contribution in [3.63, 3.8) is 0 Å². The molecule has 460 valence electrons. The molecule has 15 N–H and O–H groups in total.